The van der Waals surface area contributed by atoms with Crippen molar-refractivity contribution in [2.45, 2.75) is 13.3 Å². The van der Waals surface area contributed by atoms with Gasteiger partial charge in [0.1, 0.15) is 5.75 Å². The molecule has 0 bridgehead atoms. The highest BCUT2D eigenvalue weighted by atomic mass is 16.7. The minimum atomic E-state index is -1.21. The molecule has 16 heavy (non-hydrogen) atoms. The zero-order valence-electron chi connectivity index (χ0n) is 9.22. The molecule has 0 heterocycles. The molecule has 4 heteroatoms. The van der Waals surface area contributed by atoms with Gasteiger partial charge in [-0.2, -0.15) is 0 Å². The van der Waals surface area contributed by atoms with E-state index in [2.05, 4.69) is 11.3 Å². The molecule has 0 aliphatic rings. The second-order valence-corrected chi connectivity index (χ2v) is 2.82. The molecule has 1 aromatic carbocycles. The number of carboxylic acid groups (broad SMARTS) is 1. The minimum Gasteiger partial charge on any atom is -0.508 e. The number of para-hydroxylation sites is 1. The van der Waals surface area contributed by atoms with Gasteiger partial charge in [-0.15, -0.1) is 6.58 Å². The fourth-order valence-electron chi connectivity index (χ4n) is 0.962. The van der Waals surface area contributed by atoms with Crippen molar-refractivity contribution in [3.05, 3.63) is 42.5 Å². The zero-order chi connectivity index (χ0) is 12.4. The Morgan fingerprint density at radius 3 is 2.50 bits per heavy atom. The van der Waals surface area contributed by atoms with Gasteiger partial charge in [0.25, 0.3) is 0 Å². The molecule has 1 rings (SSSR count). The van der Waals surface area contributed by atoms with E-state index in [4.69, 9.17) is 5.11 Å². The van der Waals surface area contributed by atoms with E-state index < -0.39 is 6.16 Å². The number of aromatic hydroxyl groups is 1. The van der Waals surface area contributed by atoms with Crippen molar-refractivity contribution in [1.29, 1.82) is 0 Å². The molecule has 2 N–H and O–H groups in total. The largest absolute Gasteiger partial charge is 0.508 e. The zero-order valence-corrected chi connectivity index (χ0v) is 9.22. The van der Waals surface area contributed by atoms with Crippen LogP contribution in [0.15, 0.2) is 36.9 Å². The first-order valence-electron chi connectivity index (χ1n) is 4.85. The summed E-state index contributed by atoms with van der Waals surface area (Å²) in [7, 11) is 0. The Labute approximate surface area is 94.8 Å². The summed E-state index contributed by atoms with van der Waals surface area (Å²) in [5, 5.41) is 16.9. The number of hydrogen-bond acceptors (Lipinski definition) is 3. The van der Waals surface area contributed by atoms with Crippen LogP contribution in [-0.2, 0) is 11.2 Å². The third-order valence-electron chi connectivity index (χ3n) is 1.62. The summed E-state index contributed by atoms with van der Waals surface area (Å²) < 4.78 is 3.96. The maximum Gasteiger partial charge on any atom is 0.505 e. The highest BCUT2D eigenvalue weighted by Crippen LogP contribution is 2.15. The molecule has 0 aliphatic heterocycles. The Kier molecular flexibility index (Phi) is 7.32. The summed E-state index contributed by atoms with van der Waals surface area (Å²) in [5.74, 6) is 0.349. The third-order valence-corrected chi connectivity index (χ3v) is 1.62. The van der Waals surface area contributed by atoms with Crippen LogP contribution in [0.2, 0.25) is 0 Å². The molecule has 0 aliphatic carbocycles. The van der Waals surface area contributed by atoms with Gasteiger partial charge in [-0.25, -0.2) is 4.79 Å². The van der Waals surface area contributed by atoms with E-state index in [9.17, 15) is 9.90 Å². The van der Waals surface area contributed by atoms with Crippen LogP contribution in [0.4, 0.5) is 4.79 Å². The van der Waals surface area contributed by atoms with Gasteiger partial charge >= 0.3 is 6.16 Å². The molecule has 0 spiro atoms. The normalized spacial score (nSPS) is 8.56. The summed E-state index contributed by atoms with van der Waals surface area (Å²) in [6, 6.07) is 7.27. The molecule has 88 valence electrons. The Balaban J connectivity index is 0.000000325. The Morgan fingerprint density at radius 2 is 2.12 bits per heavy atom. The summed E-state index contributed by atoms with van der Waals surface area (Å²) in [5.41, 5.74) is 0.928. The summed E-state index contributed by atoms with van der Waals surface area (Å²) in [6.45, 7) is 5.44. The van der Waals surface area contributed by atoms with Crippen LogP contribution >= 0.6 is 0 Å². The first kappa shape index (κ1) is 14.0. The molecule has 0 radical (unpaired) electrons. The lowest BCUT2D eigenvalue weighted by Crippen LogP contribution is -1.97. The average molecular weight is 224 g/mol. The molecule has 0 aromatic heterocycles. The van der Waals surface area contributed by atoms with Gasteiger partial charge in [0.15, 0.2) is 0 Å². The average Bonchev–Trinajstić information content (AvgIpc) is 2.22. The second kappa shape index (κ2) is 8.35. The first-order chi connectivity index (χ1) is 7.61. The minimum absolute atomic E-state index is 0.231. The SMILES string of the molecule is C=CCc1ccccc1O.CCOC(=O)O. The lowest BCUT2D eigenvalue weighted by molar-refractivity contribution is 0.0966. The van der Waals surface area contributed by atoms with E-state index in [1.807, 2.05) is 18.2 Å². The summed E-state index contributed by atoms with van der Waals surface area (Å²) in [4.78, 5) is 9.38. The molecular weight excluding hydrogens is 208 g/mol. The maximum atomic E-state index is 9.38. The quantitative estimate of drug-likeness (QED) is 0.612. The number of hydrogen-bond donors (Lipinski definition) is 2. The molecule has 1 aromatic rings. The van der Waals surface area contributed by atoms with Crippen molar-refractivity contribution >= 4 is 6.16 Å². The van der Waals surface area contributed by atoms with Crippen molar-refractivity contribution in [3.8, 4) is 5.75 Å². The van der Waals surface area contributed by atoms with E-state index in [0.29, 0.717) is 5.75 Å². The Morgan fingerprint density at radius 1 is 1.50 bits per heavy atom. The van der Waals surface area contributed by atoms with E-state index in [1.54, 1.807) is 19.1 Å². The number of ether oxygens (including phenoxy) is 1. The fourth-order valence-corrected chi connectivity index (χ4v) is 0.962. The van der Waals surface area contributed by atoms with Crippen LogP contribution in [0.25, 0.3) is 0 Å². The molecule has 0 amide bonds. The number of phenols is 1. The number of carbonyl (C=O) groups is 1. The highest BCUT2D eigenvalue weighted by molar-refractivity contribution is 5.56. The van der Waals surface area contributed by atoms with Crippen LogP contribution in [0.3, 0.4) is 0 Å². The first-order valence-corrected chi connectivity index (χ1v) is 4.85. The van der Waals surface area contributed by atoms with Crippen molar-refractivity contribution in [3.63, 3.8) is 0 Å². The molecular formula is C12H16O4. The third kappa shape index (κ3) is 6.48. The maximum absolute atomic E-state index is 9.38. The van der Waals surface area contributed by atoms with Crippen molar-refractivity contribution in [2.24, 2.45) is 0 Å². The van der Waals surface area contributed by atoms with Gasteiger partial charge < -0.3 is 14.9 Å². The van der Waals surface area contributed by atoms with E-state index in [1.165, 1.54) is 0 Å². The number of allylic oxidation sites excluding steroid dienone is 1. The molecule has 0 saturated heterocycles. The number of rotatable bonds is 3. The van der Waals surface area contributed by atoms with E-state index in [0.717, 1.165) is 12.0 Å². The predicted molar refractivity (Wildman–Crippen MR) is 61.7 cm³/mol. The lowest BCUT2D eigenvalue weighted by Gasteiger charge is -1.97. The summed E-state index contributed by atoms with van der Waals surface area (Å²) >= 11 is 0. The van der Waals surface area contributed by atoms with E-state index in [-0.39, 0.29) is 6.61 Å². The fraction of sp³-hybridized carbons (Fsp3) is 0.250. The van der Waals surface area contributed by atoms with Gasteiger partial charge in [-0.3, -0.25) is 0 Å². The van der Waals surface area contributed by atoms with Crippen molar-refractivity contribution in [2.75, 3.05) is 6.61 Å². The summed E-state index contributed by atoms with van der Waals surface area (Å²) in [6.07, 6.45) is 1.29. The predicted octanol–water partition coefficient (Wildman–Crippen LogP) is 2.82. The van der Waals surface area contributed by atoms with E-state index >= 15 is 0 Å². The van der Waals surface area contributed by atoms with Crippen molar-refractivity contribution < 1.29 is 19.7 Å². The van der Waals surface area contributed by atoms with Crippen LogP contribution in [0.1, 0.15) is 12.5 Å². The smallest absolute Gasteiger partial charge is 0.505 e. The van der Waals surface area contributed by atoms with Gasteiger partial charge in [-0.05, 0) is 25.0 Å². The highest BCUT2D eigenvalue weighted by Gasteiger charge is 1.93. The monoisotopic (exact) mass is 224 g/mol. The number of benzene rings is 1. The number of phenolic OH excluding ortho intramolecular Hbond substituents is 1. The molecule has 0 fully saturated rings. The van der Waals surface area contributed by atoms with Crippen molar-refractivity contribution in [1.82, 2.24) is 0 Å². The van der Waals surface area contributed by atoms with Crippen LogP contribution in [-0.4, -0.2) is 23.0 Å². The second-order valence-electron chi connectivity index (χ2n) is 2.82. The molecule has 0 unspecified atom stereocenters. The van der Waals surface area contributed by atoms with Crippen LogP contribution in [0, 0.1) is 0 Å². The topological polar surface area (TPSA) is 66.8 Å². The molecule has 4 nitrogen and oxygen atoms in total. The Bertz CT molecular complexity index is 334. The van der Waals surface area contributed by atoms with Crippen LogP contribution in [0.5, 0.6) is 5.75 Å². The standard InChI is InChI=1S/C9H10O.C3H6O3/c1-2-5-8-6-3-4-7-9(8)10;1-2-6-3(4)5/h2-4,6-7,10H,1,5H2;2H2,1H3,(H,4,5). The molecule has 0 saturated carbocycles. The van der Waals surface area contributed by atoms with Gasteiger partial charge in [-0.1, -0.05) is 24.3 Å². The van der Waals surface area contributed by atoms with Gasteiger partial charge in [0.2, 0.25) is 0 Å². The van der Waals surface area contributed by atoms with Gasteiger partial charge in [0, 0.05) is 0 Å². The lowest BCUT2D eigenvalue weighted by atomic mass is 10.1. The van der Waals surface area contributed by atoms with Crippen LogP contribution < -0.4 is 0 Å². The molecule has 0 atom stereocenters. The van der Waals surface area contributed by atoms with Gasteiger partial charge in [0.05, 0.1) is 6.61 Å². The Hall–Kier alpha value is -1.97.